The summed E-state index contributed by atoms with van der Waals surface area (Å²) < 4.78 is 5.45. The van der Waals surface area contributed by atoms with Crippen LogP contribution in [0.5, 0.6) is 5.75 Å². The van der Waals surface area contributed by atoms with E-state index in [4.69, 9.17) is 21.4 Å². The summed E-state index contributed by atoms with van der Waals surface area (Å²) in [5.41, 5.74) is 0.287. The first-order valence-corrected chi connectivity index (χ1v) is 8.21. The molecule has 0 atom stereocenters. The average molecular weight is 398 g/mol. The number of carbonyl (C=O) groups excluding carboxylic acids is 1. The lowest BCUT2D eigenvalue weighted by Crippen LogP contribution is -2.37. The number of carboxylic acids is 1. The number of benzene rings is 2. The van der Waals surface area contributed by atoms with Gasteiger partial charge in [0.15, 0.2) is 5.60 Å². The van der Waals surface area contributed by atoms with Gasteiger partial charge in [0.05, 0.1) is 0 Å². The van der Waals surface area contributed by atoms with Gasteiger partial charge in [-0.1, -0.05) is 23.7 Å². The Labute approximate surface area is 163 Å². The molecule has 2 aromatic rings. The van der Waals surface area contributed by atoms with E-state index in [1.807, 2.05) is 12.1 Å². The summed E-state index contributed by atoms with van der Waals surface area (Å²) in [6.45, 7) is 3.48. The van der Waals surface area contributed by atoms with Gasteiger partial charge in [-0.05, 0) is 62.2 Å². The number of amides is 1. The maximum atomic E-state index is 12.0. The van der Waals surface area contributed by atoms with Gasteiger partial charge in [0.25, 0.3) is 5.91 Å². The zero-order valence-electron chi connectivity index (χ0n) is 14.5. The first kappa shape index (κ1) is 21.8. The summed E-state index contributed by atoms with van der Waals surface area (Å²) in [4.78, 5) is 23.1. The van der Waals surface area contributed by atoms with Gasteiger partial charge in [-0.25, -0.2) is 4.79 Å². The molecule has 0 heterocycles. The first-order chi connectivity index (χ1) is 11.8. The van der Waals surface area contributed by atoms with Crippen LogP contribution >= 0.6 is 24.0 Å². The quantitative estimate of drug-likeness (QED) is 0.740. The van der Waals surface area contributed by atoms with Crippen molar-refractivity contribution in [3.63, 3.8) is 0 Å². The molecular formula is C19H21Cl2NO4. The summed E-state index contributed by atoms with van der Waals surface area (Å²) in [6, 6.07) is 13.8. The van der Waals surface area contributed by atoms with E-state index in [9.17, 15) is 9.59 Å². The average Bonchev–Trinajstić information content (AvgIpc) is 2.56. The molecule has 0 aliphatic heterocycles. The van der Waals surface area contributed by atoms with Crippen LogP contribution in [0, 0.1) is 0 Å². The fraction of sp³-hybridized carbons (Fsp3) is 0.263. The summed E-state index contributed by atoms with van der Waals surface area (Å²) >= 11 is 5.80. The molecule has 0 unspecified atom stereocenters. The van der Waals surface area contributed by atoms with E-state index < -0.39 is 11.6 Å². The Kier molecular flexibility index (Phi) is 7.93. The number of nitrogens with one attached hydrogen (secondary N) is 1. The molecule has 0 radical (unpaired) electrons. The Bertz CT molecular complexity index is 743. The van der Waals surface area contributed by atoms with Crippen molar-refractivity contribution >= 4 is 35.9 Å². The number of rotatable bonds is 7. The maximum Gasteiger partial charge on any atom is 0.347 e. The smallest absolute Gasteiger partial charge is 0.347 e. The molecule has 0 bridgehead atoms. The molecular weight excluding hydrogens is 377 g/mol. The van der Waals surface area contributed by atoms with Crippen molar-refractivity contribution in [3.05, 3.63) is 64.7 Å². The van der Waals surface area contributed by atoms with Crippen LogP contribution in [-0.2, 0) is 11.2 Å². The Morgan fingerprint density at radius 1 is 1.08 bits per heavy atom. The molecule has 26 heavy (non-hydrogen) atoms. The van der Waals surface area contributed by atoms with Gasteiger partial charge >= 0.3 is 5.97 Å². The molecule has 2 aromatic carbocycles. The van der Waals surface area contributed by atoms with Crippen LogP contribution in [-0.4, -0.2) is 29.1 Å². The van der Waals surface area contributed by atoms with Crippen LogP contribution in [0.1, 0.15) is 29.8 Å². The van der Waals surface area contributed by atoms with Crippen LogP contribution in [0.3, 0.4) is 0 Å². The second-order valence-corrected chi connectivity index (χ2v) is 6.51. The lowest BCUT2D eigenvalue weighted by Gasteiger charge is -2.21. The van der Waals surface area contributed by atoms with Crippen LogP contribution in [0.15, 0.2) is 48.5 Å². The highest BCUT2D eigenvalue weighted by Gasteiger charge is 2.29. The van der Waals surface area contributed by atoms with E-state index in [1.54, 1.807) is 36.4 Å². The molecule has 0 saturated carbocycles. The fourth-order valence-corrected chi connectivity index (χ4v) is 2.21. The Balaban J connectivity index is 0.00000338. The number of halogens is 2. The second-order valence-electron chi connectivity index (χ2n) is 6.07. The fourth-order valence-electron chi connectivity index (χ4n) is 2.09. The van der Waals surface area contributed by atoms with Crippen molar-refractivity contribution in [2.75, 3.05) is 6.54 Å². The second kappa shape index (κ2) is 9.46. The van der Waals surface area contributed by atoms with E-state index in [-0.39, 0.29) is 18.3 Å². The molecule has 1 amide bonds. The van der Waals surface area contributed by atoms with E-state index in [0.717, 1.165) is 5.56 Å². The van der Waals surface area contributed by atoms with Crippen LogP contribution in [0.2, 0.25) is 5.02 Å². The Morgan fingerprint density at radius 3 is 2.19 bits per heavy atom. The van der Waals surface area contributed by atoms with E-state index >= 15 is 0 Å². The summed E-state index contributed by atoms with van der Waals surface area (Å²) in [7, 11) is 0. The molecule has 2 N–H and O–H groups in total. The van der Waals surface area contributed by atoms with Crippen LogP contribution in [0.25, 0.3) is 0 Å². The predicted octanol–water partition coefficient (Wildman–Crippen LogP) is 3.98. The summed E-state index contributed by atoms with van der Waals surface area (Å²) in [6.07, 6.45) is 0.655. The minimum absolute atomic E-state index is 0. The van der Waals surface area contributed by atoms with Gasteiger partial charge < -0.3 is 15.2 Å². The zero-order chi connectivity index (χ0) is 18.4. The van der Waals surface area contributed by atoms with Crippen molar-refractivity contribution in [3.8, 4) is 5.75 Å². The molecule has 0 aromatic heterocycles. The molecule has 0 spiro atoms. The number of carbonyl (C=O) groups is 2. The SMILES string of the molecule is CC(C)(Oc1ccc(CCNC(=O)c2ccc(Cl)cc2)cc1)C(=O)O.Cl. The molecule has 0 aliphatic carbocycles. The van der Waals surface area contributed by atoms with Gasteiger partial charge in [0, 0.05) is 17.1 Å². The Morgan fingerprint density at radius 2 is 1.65 bits per heavy atom. The van der Waals surface area contributed by atoms with Gasteiger partial charge in [-0.15, -0.1) is 12.4 Å². The molecule has 0 fully saturated rings. The number of aliphatic carboxylic acids is 1. The molecule has 0 saturated heterocycles. The van der Waals surface area contributed by atoms with Gasteiger partial charge in [-0.3, -0.25) is 4.79 Å². The van der Waals surface area contributed by atoms with Crippen molar-refractivity contribution in [1.29, 1.82) is 0 Å². The molecule has 5 nitrogen and oxygen atoms in total. The van der Waals surface area contributed by atoms with E-state index in [2.05, 4.69) is 5.32 Å². The van der Waals surface area contributed by atoms with Crippen LogP contribution < -0.4 is 10.1 Å². The summed E-state index contributed by atoms with van der Waals surface area (Å²) in [5, 5.41) is 12.5. The standard InChI is InChI=1S/C19H20ClNO4.ClH/c1-19(2,18(23)24)25-16-9-3-13(4-10-16)11-12-21-17(22)14-5-7-15(20)8-6-14;/h3-10H,11-12H2,1-2H3,(H,21,22)(H,23,24);1H. The van der Waals surface area contributed by atoms with Crippen molar-refractivity contribution in [1.82, 2.24) is 5.32 Å². The monoisotopic (exact) mass is 397 g/mol. The summed E-state index contributed by atoms with van der Waals surface area (Å²) in [5.74, 6) is -0.692. The van der Waals surface area contributed by atoms with Crippen molar-refractivity contribution in [2.24, 2.45) is 0 Å². The van der Waals surface area contributed by atoms with E-state index in [0.29, 0.717) is 29.3 Å². The minimum Gasteiger partial charge on any atom is -0.478 e. The number of hydrogen-bond donors (Lipinski definition) is 2. The van der Waals surface area contributed by atoms with E-state index in [1.165, 1.54) is 13.8 Å². The minimum atomic E-state index is -1.28. The number of ether oxygens (including phenoxy) is 1. The number of hydrogen-bond acceptors (Lipinski definition) is 3. The lowest BCUT2D eigenvalue weighted by atomic mass is 10.1. The highest BCUT2D eigenvalue weighted by molar-refractivity contribution is 6.30. The third-order valence-electron chi connectivity index (χ3n) is 3.62. The Hall–Kier alpha value is -2.24. The van der Waals surface area contributed by atoms with Crippen molar-refractivity contribution in [2.45, 2.75) is 25.9 Å². The molecule has 2 rings (SSSR count). The van der Waals surface area contributed by atoms with Crippen LogP contribution in [0.4, 0.5) is 0 Å². The third-order valence-corrected chi connectivity index (χ3v) is 3.87. The largest absolute Gasteiger partial charge is 0.478 e. The highest BCUT2D eigenvalue weighted by atomic mass is 35.5. The molecule has 0 aliphatic rings. The van der Waals surface area contributed by atoms with Crippen molar-refractivity contribution < 1.29 is 19.4 Å². The highest BCUT2D eigenvalue weighted by Crippen LogP contribution is 2.19. The number of carboxylic acid groups (broad SMARTS) is 1. The molecule has 140 valence electrons. The normalized spacial score (nSPS) is 10.6. The maximum absolute atomic E-state index is 12.0. The van der Waals surface area contributed by atoms with Gasteiger partial charge in [0.2, 0.25) is 0 Å². The third kappa shape index (κ3) is 6.24. The first-order valence-electron chi connectivity index (χ1n) is 7.83. The topological polar surface area (TPSA) is 75.6 Å². The molecule has 7 heteroatoms. The lowest BCUT2D eigenvalue weighted by molar-refractivity contribution is -0.152. The predicted molar refractivity (Wildman–Crippen MR) is 104 cm³/mol. The zero-order valence-corrected chi connectivity index (χ0v) is 16.1. The van der Waals surface area contributed by atoms with Gasteiger partial charge in [-0.2, -0.15) is 0 Å². The van der Waals surface area contributed by atoms with Gasteiger partial charge in [0.1, 0.15) is 5.75 Å².